The molecule has 0 saturated heterocycles. The van der Waals surface area contributed by atoms with Crippen molar-refractivity contribution in [2.24, 2.45) is 13.0 Å². The summed E-state index contributed by atoms with van der Waals surface area (Å²) >= 11 is 0. The first-order valence-corrected chi connectivity index (χ1v) is 12.2. The van der Waals surface area contributed by atoms with Crippen LogP contribution in [0, 0.1) is 5.92 Å². The number of carbonyl (C=O) groups is 2. The van der Waals surface area contributed by atoms with E-state index in [9.17, 15) is 27.6 Å². The summed E-state index contributed by atoms with van der Waals surface area (Å²) in [7, 11) is -2.57. The van der Waals surface area contributed by atoms with Crippen LogP contribution in [-0.2, 0) is 28.4 Å². The molecule has 34 heavy (non-hydrogen) atoms. The topological polar surface area (TPSA) is 151 Å². The summed E-state index contributed by atoms with van der Waals surface area (Å²) in [6.45, 7) is 6.98. The van der Waals surface area contributed by atoms with E-state index in [-0.39, 0.29) is 41.8 Å². The molecule has 0 amide bonds. The van der Waals surface area contributed by atoms with Crippen LogP contribution in [0.4, 0.5) is 5.82 Å². The van der Waals surface area contributed by atoms with Gasteiger partial charge in [0, 0.05) is 26.7 Å². The molecule has 0 fully saturated rings. The molecule has 1 heterocycles. The van der Waals surface area contributed by atoms with Gasteiger partial charge in [0.05, 0.1) is 10.5 Å². The van der Waals surface area contributed by atoms with Gasteiger partial charge < -0.3 is 10.5 Å². The highest BCUT2D eigenvalue weighted by atomic mass is 32.2. The van der Waals surface area contributed by atoms with Crippen LogP contribution >= 0.6 is 0 Å². The Bertz CT molecular complexity index is 1310. The standard InChI is InChI=1S/C22H30N4O7S/c1-6-25(7-2)34(31,32)16-10-8-9-15(11-16)21(29)33-13-17(27)18-19(23)26(12-14(3)4)22(30)24(5)20(18)28/h8-11,14H,6-7,12-13,23H2,1-5H3. The minimum absolute atomic E-state index is 0.0122. The van der Waals surface area contributed by atoms with Crippen molar-refractivity contribution in [3.05, 3.63) is 56.2 Å². The summed E-state index contributed by atoms with van der Waals surface area (Å²) in [6.07, 6.45) is 0. The number of benzene rings is 1. The second-order valence-electron chi connectivity index (χ2n) is 8.03. The van der Waals surface area contributed by atoms with Crippen LogP contribution in [0.3, 0.4) is 0 Å². The van der Waals surface area contributed by atoms with E-state index in [1.807, 2.05) is 13.8 Å². The first-order valence-electron chi connectivity index (χ1n) is 10.8. The van der Waals surface area contributed by atoms with Crippen LogP contribution in [-0.4, -0.2) is 53.3 Å². The Morgan fingerprint density at radius 3 is 2.32 bits per heavy atom. The van der Waals surface area contributed by atoms with Gasteiger partial charge in [-0.05, 0) is 24.1 Å². The highest BCUT2D eigenvalue weighted by Crippen LogP contribution is 2.18. The van der Waals surface area contributed by atoms with Crippen molar-refractivity contribution < 1.29 is 22.7 Å². The number of hydrogen-bond donors (Lipinski definition) is 1. The van der Waals surface area contributed by atoms with Crippen LogP contribution < -0.4 is 17.0 Å². The number of sulfonamides is 1. The Morgan fingerprint density at radius 2 is 1.76 bits per heavy atom. The number of esters is 1. The lowest BCUT2D eigenvalue weighted by Gasteiger charge is -2.18. The van der Waals surface area contributed by atoms with Gasteiger partial charge in [0.1, 0.15) is 11.4 Å². The Kier molecular flexibility index (Phi) is 8.56. The van der Waals surface area contributed by atoms with Crippen molar-refractivity contribution in [3.63, 3.8) is 0 Å². The number of nitrogens with two attached hydrogens (primary N) is 1. The number of ether oxygens (including phenoxy) is 1. The minimum atomic E-state index is -3.80. The summed E-state index contributed by atoms with van der Waals surface area (Å²) in [4.78, 5) is 50.1. The van der Waals surface area contributed by atoms with E-state index in [1.165, 1.54) is 29.6 Å². The lowest BCUT2D eigenvalue weighted by atomic mass is 10.1. The van der Waals surface area contributed by atoms with Crippen molar-refractivity contribution >= 4 is 27.6 Å². The maximum absolute atomic E-state index is 12.7. The van der Waals surface area contributed by atoms with Crippen molar-refractivity contribution in [1.29, 1.82) is 0 Å². The molecular weight excluding hydrogens is 464 g/mol. The number of rotatable bonds is 10. The first kappa shape index (κ1) is 27.0. The Balaban J connectivity index is 2.30. The van der Waals surface area contributed by atoms with Crippen molar-refractivity contribution in [3.8, 4) is 0 Å². The fraction of sp³-hybridized carbons (Fsp3) is 0.455. The average molecular weight is 495 g/mol. The maximum Gasteiger partial charge on any atom is 0.338 e. The zero-order valence-corrected chi connectivity index (χ0v) is 20.7. The molecule has 0 atom stereocenters. The van der Waals surface area contributed by atoms with Gasteiger partial charge in [0.25, 0.3) is 5.56 Å². The van der Waals surface area contributed by atoms with Crippen molar-refractivity contribution in [2.45, 2.75) is 39.1 Å². The van der Waals surface area contributed by atoms with E-state index in [0.29, 0.717) is 0 Å². The Morgan fingerprint density at radius 1 is 1.15 bits per heavy atom. The van der Waals surface area contributed by atoms with E-state index in [2.05, 4.69) is 0 Å². The molecule has 0 radical (unpaired) electrons. The van der Waals surface area contributed by atoms with E-state index >= 15 is 0 Å². The molecule has 11 nitrogen and oxygen atoms in total. The molecule has 0 unspecified atom stereocenters. The number of hydrogen-bond acceptors (Lipinski definition) is 8. The average Bonchev–Trinajstić information content (AvgIpc) is 2.79. The largest absolute Gasteiger partial charge is 0.454 e. The van der Waals surface area contributed by atoms with Crippen molar-refractivity contribution in [2.75, 3.05) is 25.4 Å². The van der Waals surface area contributed by atoms with Gasteiger partial charge >= 0.3 is 11.7 Å². The van der Waals surface area contributed by atoms with Crippen LogP contribution in [0.5, 0.6) is 0 Å². The number of Topliss-reactive ketones (excluding diaryl/α,β-unsaturated/α-hetero) is 1. The van der Waals surface area contributed by atoms with Crippen LogP contribution in [0.1, 0.15) is 48.4 Å². The molecule has 2 rings (SSSR count). The number of ketones is 1. The van der Waals surface area contributed by atoms with E-state index in [1.54, 1.807) is 13.8 Å². The molecule has 186 valence electrons. The Labute approximate surface area is 197 Å². The zero-order valence-electron chi connectivity index (χ0n) is 19.9. The van der Waals surface area contributed by atoms with Crippen LogP contribution in [0.15, 0.2) is 38.8 Å². The molecule has 2 N–H and O–H groups in total. The predicted molar refractivity (Wildman–Crippen MR) is 126 cm³/mol. The van der Waals surface area contributed by atoms with E-state index < -0.39 is 45.2 Å². The normalized spacial score (nSPS) is 11.7. The molecule has 0 aliphatic carbocycles. The molecule has 1 aromatic carbocycles. The van der Waals surface area contributed by atoms with E-state index in [0.717, 1.165) is 15.2 Å². The number of aromatic nitrogens is 2. The van der Waals surface area contributed by atoms with Gasteiger partial charge in [-0.2, -0.15) is 4.31 Å². The van der Waals surface area contributed by atoms with Crippen LogP contribution in [0.25, 0.3) is 0 Å². The SMILES string of the molecule is CCN(CC)S(=O)(=O)c1cccc(C(=O)OCC(=O)c2c(N)n(CC(C)C)c(=O)n(C)c2=O)c1. The molecule has 0 aliphatic heterocycles. The van der Waals surface area contributed by atoms with Gasteiger partial charge in [-0.25, -0.2) is 18.0 Å². The third-order valence-electron chi connectivity index (χ3n) is 5.16. The molecule has 0 bridgehead atoms. The monoisotopic (exact) mass is 494 g/mol. The Hall–Kier alpha value is -3.25. The number of nitrogens with zero attached hydrogens (tertiary/aromatic N) is 3. The highest BCUT2D eigenvalue weighted by Gasteiger charge is 2.25. The number of anilines is 1. The summed E-state index contributed by atoms with van der Waals surface area (Å²) in [5, 5.41) is 0. The lowest BCUT2D eigenvalue weighted by Crippen LogP contribution is -2.43. The van der Waals surface area contributed by atoms with E-state index in [4.69, 9.17) is 10.5 Å². The summed E-state index contributed by atoms with van der Waals surface area (Å²) < 4.78 is 33.6. The predicted octanol–water partition coefficient (Wildman–Crippen LogP) is 0.855. The molecule has 0 saturated carbocycles. The van der Waals surface area contributed by atoms with Gasteiger partial charge in [0.2, 0.25) is 15.8 Å². The van der Waals surface area contributed by atoms with Gasteiger partial charge in [0.15, 0.2) is 6.61 Å². The lowest BCUT2D eigenvalue weighted by molar-refractivity contribution is 0.0474. The molecule has 0 spiro atoms. The smallest absolute Gasteiger partial charge is 0.338 e. The zero-order chi connectivity index (χ0) is 25.8. The third kappa shape index (κ3) is 5.45. The van der Waals surface area contributed by atoms with Crippen LogP contribution in [0.2, 0.25) is 0 Å². The van der Waals surface area contributed by atoms with Gasteiger partial charge in [-0.15, -0.1) is 0 Å². The summed E-state index contributed by atoms with van der Waals surface area (Å²) in [5.74, 6) is -2.11. The third-order valence-corrected chi connectivity index (χ3v) is 7.20. The maximum atomic E-state index is 12.7. The molecule has 2 aromatic rings. The fourth-order valence-electron chi connectivity index (χ4n) is 3.37. The summed E-state index contributed by atoms with van der Waals surface area (Å²) in [6, 6.07) is 5.27. The quantitative estimate of drug-likeness (QED) is 0.377. The molecular formula is C22H30N4O7S. The molecule has 12 heteroatoms. The second kappa shape index (κ2) is 10.8. The molecule has 1 aromatic heterocycles. The first-order chi connectivity index (χ1) is 15.9. The van der Waals surface area contributed by atoms with Gasteiger partial charge in [-0.3, -0.25) is 18.7 Å². The van der Waals surface area contributed by atoms with Gasteiger partial charge in [-0.1, -0.05) is 33.8 Å². The summed E-state index contributed by atoms with van der Waals surface area (Å²) in [5.41, 5.74) is 3.88. The number of nitrogen functional groups attached to an aromatic ring is 1. The highest BCUT2D eigenvalue weighted by molar-refractivity contribution is 7.89. The second-order valence-corrected chi connectivity index (χ2v) is 9.97. The number of carbonyl (C=O) groups excluding carboxylic acids is 2. The van der Waals surface area contributed by atoms with Crippen molar-refractivity contribution in [1.82, 2.24) is 13.4 Å². The fourth-order valence-corrected chi connectivity index (χ4v) is 4.87. The molecule has 0 aliphatic rings. The minimum Gasteiger partial charge on any atom is -0.454 e.